The molecule has 0 fully saturated rings. The molecule has 4 nitrogen and oxygen atoms in total. The summed E-state index contributed by atoms with van der Waals surface area (Å²) in [5.74, 6) is -1.85. The number of rotatable bonds is 0. The summed E-state index contributed by atoms with van der Waals surface area (Å²) in [6, 6.07) is 2.50. The van der Waals surface area contributed by atoms with Gasteiger partial charge in [0, 0.05) is 0 Å². The van der Waals surface area contributed by atoms with Crippen molar-refractivity contribution in [1.82, 2.24) is 4.98 Å². The lowest BCUT2D eigenvalue weighted by Gasteiger charge is -1.97. The Morgan fingerprint density at radius 1 is 1.36 bits per heavy atom. The summed E-state index contributed by atoms with van der Waals surface area (Å²) in [4.78, 5) is 23.9. The molecule has 0 atom stereocenters. The van der Waals surface area contributed by atoms with Crippen molar-refractivity contribution in [2.24, 2.45) is 0 Å². The lowest BCUT2D eigenvalue weighted by Crippen LogP contribution is -2.15. The number of hydrogen-bond acceptors (Lipinski definition) is 3. The fourth-order valence-corrected chi connectivity index (χ4v) is 1.27. The van der Waals surface area contributed by atoms with Crippen LogP contribution in [0, 0.1) is 5.82 Å². The first-order chi connectivity index (χ1) is 6.59. The molecule has 1 heterocycles. The molecule has 1 aromatic heterocycles. The molecule has 6 heteroatoms. The van der Waals surface area contributed by atoms with Gasteiger partial charge in [-0.25, -0.2) is 14.0 Å². The van der Waals surface area contributed by atoms with Crippen LogP contribution in [0.15, 0.2) is 26.1 Å². The van der Waals surface area contributed by atoms with Crippen molar-refractivity contribution in [1.29, 1.82) is 0 Å². The molecule has 0 unspecified atom stereocenters. The van der Waals surface area contributed by atoms with Crippen LogP contribution in [0.4, 0.5) is 4.39 Å². The number of aromatic amines is 1. The van der Waals surface area contributed by atoms with Gasteiger partial charge in [0.15, 0.2) is 5.82 Å². The second-order valence-electron chi connectivity index (χ2n) is 2.59. The van der Waals surface area contributed by atoms with Crippen molar-refractivity contribution in [2.75, 3.05) is 0 Å². The first kappa shape index (κ1) is 8.96. The maximum atomic E-state index is 13.3. The molecule has 14 heavy (non-hydrogen) atoms. The van der Waals surface area contributed by atoms with Crippen LogP contribution >= 0.6 is 11.6 Å². The van der Waals surface area contributed by atoms with E-state index >= 15 is 0 Å². The van der Waals surface area contributed by atoms with E-state index in [2.05, 4.69) is 9.40 Å². The van der Waals surface area contributed by atoms with Crippen molar-refractivity contribution in [3.05, 3.63) is 43.9 Å². The Morgan fingerprint density at radius 2 is 2.07 bits per heavy atom. The predicted molar refractivity (Wildman–Crippen MR) is 48.1 cm³/mol. The van der Waals surface area contributed by atoms with Crippen molar-refractivity contribution >= 4 is 22.5 Å². The Kier molecular flexibility index (Phi) is 1.89. The zero-order chi connectivity index (χ0) is 10.3. The van der Waals surface area contributed by atoms with Crippen LogP contribution in [-0.2, 0) is 0 Å². The summed E-state index contributed by atoms with van der Waals surface area (Å²) in [7, 11) is 0. The first-order valence-corrected chi connectivity index (χ1v) is 3.98. The number of nitrogens with one attached hydrogen (secondary N) is 1. The molecule has 0 amide bonds. The third-order valence-corrected chi connectivity index (χ3v) is 2.02. The summed E-state index contributed by atoms with van der Waals surface area (Å²) in [5, 5.41) is -0.217. The van der Waals surface area contributed by atoms with Crippen molar-refractivity contribution < 1.29 is 8.81 Å². The van der Waals surface area contributed by atoms with Gasteiger partial charge in [0.25, 0.3) is 0 Å². The van der Waals surface area contributed by atoms with Crippen LogP contribution in [0.2, 0.25) is 5.02 Å². The van der Waals surface area contributed by atoms with Crippen LogP contribution < -0.4 is 11.4 Å². The van der Waals surface area contributed by atoms with Gasteiger partial charge >= 0.3 is 11.4 Å². The molecule has 2 aromatic rings. The van der Waals surface area contributed by atoms with Crippen molar-refractivity contribution in [3.63, 3.8) is 0 Å². The zero-order valence-electron chi connectivity index (χ0n) is 6.64. The largest absolute Gasteiger partial charge is 0.419 e. The maximum Gasteiger partial charge on any atom is 0.419 e. The van der Waals surface area contributed by atoms with Gasteiger partial charge in [-0.1, -0.05) is 11.6 Å². The van der Waals surface area contributed by atoms with E-state index in [9.17, 15) is 14.0 Å². The highest BCUT2D eigenvalue weighted by Gasteiger charge is 2.10. The maximum absolute atomic E-state index is 13.3. The highest BCUT2D eigenvalue weighted by Crippen LogP contribution is 2.19. The highest BCUT2D eigenvalue weighted by atomic mass is 35.5. The van der Waals surface area contributed by atoms with Crippen molar-refractivity contribution in [2.45, 2.75) is 0 Å². The Morgan fingerprint density at radius 3 is 2.79 bits per heavy atom. The van der Waals surface area contributed by atoms with Gasteiger partial charge in [-0.2, -0.15) is 0 Å². The van der Waals surface area contributed by atoms with Crippen LogP contribution in [0.1, 0.15) is 0 Å². The van der Waals surface area contributed by atoms with Gasteiger partial charge in [-0.15, -0.1) is 0 Å². The van der Waals surface area contributed by atoms with Gasteiger partial charge in [-0.3, -0.25) is 4.98 Å². The molecular weight excluding hydrogens is 213 g/mol. The van der Waals surface area contributed by atoms with Gasteiger partial charge in [-0.05, 0) is 12.1 Å². The first-order valence-electron chi connectivity index (χ1n) is 3.61. The zero-order valence-corrected chi connectivity index (χ0v) is 7.39. The predicted octanol–water partition coefficient (Wildman–Crippen LogP) is 1.27. The quantitative estimate of drug-likeness (QED) is 0.720. The molecule has 1 N–H and O–H groups in total. The van der Waals surface area contributed by atoms with E-state index in [0.717, 1.165) is 0 Å². The standard InChI is InChI=1S/C8H3ClFNO3/c9-4-2-1-3-6(5(4)10)11-8(13)14-7(3)12/h1-2H,(H,11,13). The fraction of sp³-hybridized carbons (Fsp3) is 0. The second-order valence-corrected chi connectivity index (χ2v) is 2.99. The van der Waals surface area contributed by atoms with E-state index in [1.165, 1.54) is 12.1 Å². The summed E-state index contributed by atoms with van der Waals surface area (Å²) >= 11 is 5.46. The molecule has 0 radical (unpaired) electrons. The monoisotopic (exact) mass is 215 g/mol. The topological polar surface area (TPSA) is 63.1 Å². The average Bonchev–Trinajstić information content (AvgIpc) is 2.12. The minimum absolute atomic E-state index is 0.0495. The van der Waals surface area contributed by atoms with E-state index in [0.29, 0.717) is 0 Å². The minimum atomic E-state index is -1.01. The summed E-state index contributed by atoms with van der Waals surface area (Å²) < 4.78 is 17.5. The van der Waals surface area contributed by atoms with E-state index in [-0.39, 0.29) is 15.9 Å². The molecule has 0 aliphatic heterocycles. The smallest absolute Gasteiger partial charge is 0.372 e. The summed E-state index contributed by atoms with van der Waals surface area (Å²) in [6.07, 6.45) is 0. The SMILES string of the molecule is O=c1[nH]c2c(F)c(Cl)ccc2c(=O)o1. The van der Waals surface area contributed by atoms with Crippen LogP contribution in [0.25, 0.3) is 10.9 Å². The third kappa shape index (κ3) is 1.22. The van der Waals surface area contributed by atoms with Gasteiger partial charge in [0.2, 0.25) is 0 Å². The van der Waals surface area contributed by atoms with Crippen molar-refractivity contribution in [3.8, 4) is 0 Å². The molecule has 1 aromatic carbocycles. The van der Waals surface area contributed by atoms with Gasteiger partial charge in [0.1, 0.15) is 0 Å². The lowest BCUT2D eigenvalue weighted by atomic mass is 10.2. The molecule has 72 valence electrons. The molecule has 0 bridgehead atoms. The summed E-state index contributed by atoms with van der Waals surface area (Å²) in [5.41, 5.74) is -1.13. The number of H-pyrrole nitrogens is 1. The number of aromatic nitrogens is 1. The normalized spacial score (nSPS) is 10.7. The Balaban J connectivity index is 3.10. The summed E-state index contributed by atoms with van der Waals surface area (Å²) in [6.45, 7) is 0. The highest BCUT2D eigenvalue weighted by molar-refractivity contribution is 6.31. The van der Waals surface area contributed by atoms with Gasteiger partial charge < -0.3 is 4.42 Å². The Bertz CT molecular complexity index is 616. The van der Waals surface area contributed by atoms with E-state index in [1.54, 1.807) is 0 Å². The number of hydrogen-bond donors (Lipinski definition) is 1. The van der Waals surface area contributed by atoms with Gasteiger partial charge in [0.05, 0.1) is 15.9 Å². The molecule has 0 aliphatic carbocycles. The van der Waals surface area contributed by atoms with Crippen LogP contribution in [-0.4, -0.2) is 4.98 Å². The van der Waals surface area contributed by atoms with E-state index in [1.807, 2.05) is 0 Å². The molecule has 0 aliphatic rings. The molecule has 0 saturated heterocycles. The number of halogens is 2. The number of fused-ring (bicyclic) bond motifs is 1. The molecule has 0 saturated carbocycles. The molecular formula is C8H3ClFNO3. The average molecular weight is 216 g/mol. The minimum Gasteiger partial charge on any atom is -0.372 e. The van der Waals surface area contributed by atoms with E-state index in [4.69, 9.17) is 11.6 Å². The second kappa shape index (κ2) is 2.95. The number of benzene rings is 1. The Hall–Kier alpha value is -1.62. The molecule has 2 rings (SSSR count). The third-order valence-electron chi connectivity index (χ3n) is 1.73. The van der Waals surface area contributed by atoms with E-state index < -0.39 is 17.2 Å². The van der Waals surface area contributed by atoms with Crippen LogP contribution in [0.3, 0.4) is 0 Å². The fourth-order valence-electron chi connectivity index (χ4n) is 1.11. The molecule has 0 spiro atoms. The Labute approximate surface area is 80.9 Å². The van der Waals surface area contributed by atoms with Crippen LogP contribution in [0.5, 0.6) is 0 Å². The lowest BCUT2D eigenvalue weighted by molar-refractivity contribution is 0.458.